The Bertz CT molecular complexity index is 642. The molecule has 0 spiro atoms. The summed E-state index contributed by atoms with van der Waals surface area (Å²) in [6, 6.07) is 8.48. The van der Waals surface area contributed by atoms with Crippen molar-refractivity contribution >= 4 is 17.9 Å². The molecule has 0 atom stereocenters. The third kappa shape index (κ3) is 3.07. The van der Waals surface area contributed by atoms with E-state index in [-0.39, 0.29) is 0 Å². The number of aryl methyl sites for hydroxylation is 1. The molecule has 0 amide bonds. The molecular weight excluding hydrogens is 266 g/mol. The van der Waals surface area contributed by atoms with Crippen LogP contribution in [-0.4, -0.2) is 24.1 Å². The highest BCUT2D eigenvalue weighted by Crippen LogP contribution is 2.24. The average molecular weight is 287 g/mol. The monoisotopic (exact) mass is 287 g/mol. The Kier molecular flexibility index (Phi) is 4.55. The van der Waals surface area contributed by atoms with Crippen LogP contribution in [0.25, 0.3) is 11.3 Å². The number of hydrogen-bond donors (Lipinski definition) is 1. The van der Waals surface area contributed by atoms with E-state index >= 15 is 0 Å². The van der Waals surface area contributed by atoms with Crippen molar-refractivity contribution in [2.24, 2.45) is 0 Å². The van der Waals surface area contributed by atoms with Crippen molar-refractivity contribution in [2.45, 2.75) is 26.7 Å². The Morgan fingerprint density at radius 3 is 2.40 bits per heavy atom. The molecule has 0 aliphatic heterocycles. The van der Waals surface area contributed by atoms with Gasteiger partial charge in [-0.2, -0.15) is 0 Å². The summed E-state index contributed by atoms with van der Waals surface area (Å²) < 4.78 is 0.693. The first-order valence-corrected chi connectivity index (χ1v) is 7.31. The molecule has 0 unspecified atom stereocenters. The van der Waals surface area contributed by atoms with Crippen LogP contribution >= 0.6 is 12.2 Å². The number of aromatic amines is 1. The Morgan fingerprint density at radius 2 is 1.85 bits per heavy atom. The lowest BCUT2D eigenvalue weighted by molar-refractivity contribution is 0.829. The van der Waals surface area contributed by atoms with Crippen LogP contribution in [0.5, 0.6) is 0 Å². The van der Waals surface area contributed by atoms with Gasteiger partial charge in [-0.3, -0.25) is 0 Å². The molecule has 1 aromatic heterocycles. The summed E-state index contributed by atoms with van der Waals surface area (Å²) in [4.78, 5) is 9.96. The minimum absolute atomic E-state index is 0.693. The third-order valence-electron chi connectivity index (χ3n) is 3.36. The molecule has 4 heteroatoms. The van der Waals surface area contributed by atoms with E-state index in [0.717, 1.165) is 35.5 Å². The van der Waals surface area contributed by atoms with Gasteiger partial charge in [-0.15, -0.1) is 0 Å². The van der Waals surface area contributed by atoms with Gasteiger partial charge >= 0.3 is 0 Å². The second-order valence-corrected chi connectivity index (χ2v) is 5.57. The number of aromatic nitrogens is 2. The van der Waals surface area contributed by atoms with Gasteiger partial charge in [0.15, 0.2) is 0 Å². The smallest absolute Gasteiger partial charge is 0.133 e. The Hall–Kier alpha value is -1.68. The fraction of sp³-hybridized carbons (Fsp3) is 0.375. The van der Waals surface area contributed by atoms with Crippen LogP contribution in [0.15, 0.2) is 24.3 Å². The van der Waals surface area contributed by atoms with Gasteiger partial charge in [0.05, 0.1) is 5.69 Å². The molecule has 0 radical (unpaired) electrons. The lowest BCUT2D eigenvalue weighted by atomic mass is 10.1. The molecule has 1 heterocycles. The van der Waals surface area contributed by atoms with Crippen molar-refractivity contribution in [3.8, 4) is 11.3 Å². The summed E-state index contributed by atoms with van der Waals surface area (Å²) in [7, 11) is 4.08. The fourth-order valence-corrected chi connectivity index (χ4v) is 2.36. The number of nitrogens with one attached hydrogen (secondary N) is 1. The highest BCUT2D eigenvalue weighted by Gasteiger charge is 2.07. The molecule has 2 aromatic rings. The van der Waals surface area contributed by atoms with Crippen LogP contribution in [0.2, 0.25) is 0 Å². The van der Waals surface area contributed by atoms with Crippen molar-refractivity contribution < 1.29 is 0 Å². The highest BCUT2D eigenvalue weighted by atomic mass is 32.1. The molecule has 0 aliphatic carbocycles. The first-order chi connectivity index (χ1) is 9.52. The van der Waals surface area contributed by atoms with E-state index in [1.54, 1.807) is 0 Å². The zero-order chi connectivity index (χ0) is 14.7. The number of anilines is 1. The molecule has 0 saturated heterocycles. The number of hydrogen-bond acceptors (Lipinski definition) is 3. The maximum Gasteiger partial charge on any atom is 0.133 e. The zero-order valence-electron chi connectivity index (χ0n) is 12.5. The van der Waals surface area contributed by atoms with Crippen LogP contribution in [0, 0.1) is 11.6 Å². The summed E-state index contributed by atoms with van der Waals surface area (Å²) in [6.45, 7) is 4.17. The molecular formula is C16H21N3S. The Morgan fingerprint density at radius 1 is 1.20 bits per heavy atom. The Balaban J connectivity index is 2.48. The molecule has 0 bridgehead atoms. The second kappa shape index (κ2) is 6.18. The van der Waals surface area contributed by atoms with E-state index in [2.05, 4.69) is 46.1 Å². The highest BCUT2D eigenvalue weighted by molar-refractivity contribution is 7.71. The number of benzene rings is 1. The number of H-pyrrole nitrogens is 1. The van der Waals surface area contributed by atoms with Gasteiger partial charge in [-0.1, -0.05) is 31.3 Å². The maximum atomic E-state index is 5.37. The minimum Gasteiger partial charge on any atom is -0.378 e. The number of nitrogens with zero attached hydrogens (tertiary/aromatic N) is 2. The van der Waals surface area contributed by atoms with Crippen LogP contribution < -0.4 is 4.90 Å². The third-order valence-corrected chi connectivity index (χ3v) is 3.76. The van der Waals surface area contributed by atoms with Crippen LogP contribution in [0.3, 0.4) is 0 Å². The molecule has 0 aliphatic rings. The van der Waals surface area contributed by atoms with Crippen molar-refractivity contribution in [1.29, 1.82) is 0 Å². The van der Waals surface area contributed by atoms with Gasteiger partial charge in [0.1, 0.15) is 10.5 Å². The standard InChI is InChI=1S/C16H21N3S/c1-5-6-14-17-15(11(2)16(20)18-14)12-7-9-13(10-8-12)19(3)4/h7-10H,5-6H2,1-4H3,(H,17,18,20). The first kappa shape index (κ1) is 14.7. The largest absolute Gasteiger partial charge is 0.378 e. The summed E-state index contributed by atoms with van der Waals surface area (Å²) in [5, 5.41) is 0. The van der Waals surface area contributed by atoms with Gasteiger partial charge in [0.2, 0.25) is 0 Å². The molecule has 0 fully saturated rings. The van der Waals surface area contributed by atoms with Gasteiger partial charge in [-0.05, 0) is 31.0 Å². The van der Waals surface area contributed by atoms with E-state index in [4.69, 9.17) is 12.2 Å². The molecule has 106 valence electrons. The van der Waals surface area contributed by atoms with E-state index in [1.807, 2.05) is 21.0 Å². The maximum absolute atomic E-state index is 5.37. The van der Waals surface area contributed by atoms with Gasteiger partial charge in [-0.25, -0.2) is 4.98 Å². The number of rotatable bonds is 4. The van der Waals surface area contributed by atoms with Crippen LogP contribution in [0.4, 0.5) is 5.69 Å². The van der Waals surface area contributed by atoms with E-state index < -0.39 is 0 Å². The van der Waals surface area contributed by atoms with Crippen molar-refractivity contribution in [3.63, 3.8) is 0 Å². The van der Waals surface area contributed by atoms with E-state index in [1.165, 1.54) is 5.69 Å². The van der Waals surface area contributed by atoms with E-state index in [9.17, 15) is 0 Å². The average Bonchev–Trinajstić information content (AvgIpc) is 2.43. The second-order valence-electron chi connectivity index (χ2n) is 5.18. The van der Waals surface area contributed by atoms with E-state index in [0.29, 0.717) is 4.64 Å². The quantitative estimate of drug-likeness (QED) is 0.858. The lowest BCUT2D eigenvalue weighted by Gasteiger charge is -2.14. The summed E-state index contributed by atoms with van der Waals surface area (Å²) in [5.74, 6) is 0.967. The molecule has 0 saturated carbocycles. The Labute approximate surface area is 125 Å². The van der Waals surface area contributed by atoms with Gasteiger partial charge < -0.3 is 9.88 Å². The molecule has 1 aromatic carbocycles. The normalized spacial score (nSPS) is 10.6. The molecule has 3 nitrogen and oxygen atoms in total. The molecule has 1 N–H and O–H groups in total. The summed E-state index contributed by atoms with van der Waals surface area (Å²) >= 11 is 5.37. The lowest BCUT2D eigenvalue weighted by Crippen LogP contribution is -2.08. The predicted octanol–water partition coefficient (Wildman–Crippen LogP) is 4.13. The van der Waals surface area contributed by atoms with Crippen LogP contribution in [-0.2, 0) is 6.42 Å². The van der Waals surface area contributed by atoms with Crippen molar-refractivity contribution in [2.75, 3.05) is 19.0 Å². The van der Waals surface area contributed by atoms with Crippen molar-refractivity contribution in [3.05, 3.63) is 40.3 Å². The summed E-state index contributed by atoms with van der Waals surface area (Å²) in [6.07, 6.45) is 1.98. The van der Waals surface area contributed by atoms with Gasteiger partial charge in [0.25, 0.3) is 0 Å². The van der Waals surface area contributed by atoms with Gasteiger partial charge in [0, 0.05) is 31.8 Å². The predicted molar refractivity (Wildman–Crippen MR) is 87.9 cm³/mol. The SMILES string of the molecule is CCCc1nc(=S)c(C)c(-c2ccc(N(C)C)cc2)[nH]1. The van der Waals surface area contributed by atoms with Crippen LogP contribution in [0.1, 0.15) is 24.7 Å². The fourth-order valence-electron chi connectivity index (χ4n) is 2.15. The molecule has 2 rings (SSSR count). The topological polar surface area (TPSA) is 31.9 Å². The summed E-state index contributed by atoms with van der Waals surface area (Å²) in [5.41, 5.74) is 4.46. The molecule has 20 heavy (non-hydrogen) atoms. The zero-order valence-corrected chi connectivity index (χ0v) is 13.3. The van der Waals surface area contributed by atoms with Crippen molar-refractivity contribution in [1.82, 2.24) is 9.97 Å². The minimum atomic E-state index is 0.693. The first-order valence-electron chi connectivity index (χ1n) is 6.90.